The highest BCUT2D eigenvalue weighted by Crippen LogP contribution is 2.21. The summed E-state index contributed by atoms with van der Waals surface area (Å²) in [4.78, 5) is 14.3. The van der Waals surface area contributed by atoms with Crippen LogP contribution in [0.15, 0.2) is 42.0 Å². The van der Waals surface area contributed by atoms with Gasteiger partial charge in [-0.1, -0.05) is 11.6 Å². The quantitative estimate of drug-likeness (QED) is 0.880. The molecule has 0 spiro atoms. The SMILES string of the molecule is COc1ccc(-n2nc(C)cc2NC(=O)N2CC=C(C)CC2)cc1. The monoisotopic (exact) mass is 326 g/mol. The minimum atomic E-state index is -0.103. The first-order valence-corrected chi connectivity index (χ1v) is 7.99. The van der Waals surface area contributed by atoms with Gasteiger partial charge in [-0.25, -0.2) is 9.48 Å². The third kappa shape index (κ3) is 3.42. The Bertz CT molecular complexity index is 762. The summed E-state index contributed by atoms with van der Waals surface area (Å²) >= 11 is 0. The Morgan fingerprint density at radius 1 is 1.25 bits per heavy atom. The van der Waals surface area contributed by atoms with Crippen LogP contribution in [0.25, 0.3) is 5.69 Å². The average Bonchev–Trinajstić information content (AvgIpc) is 2.96. The van der Waals surface area contributed by atoms with Gasteiger partial charge in [-0.05, 0) is 44.5 Å². The Hall–Kier alpha value is -2.76. The second-order valence-electron chi connectivity index (χ2n) is 5.96. The predicted molar refractivity (Wildman–Crippen MR) is 93.8 cm³/mol. The Morgan fingerprint density at radius 2 is 2.00 bits per heavy atom. The molecular formula is C18H22N4O2. The van der Waals surface area contributed by atoms with Gasteiger partial charge in [-0.3, -0.25) is 5.32 Å². The molecule has 2 heterocycles. The molecule has 1 aromatic heterocycles. The largest absolute Gasteiger partial charge is 0.497 e. The summed E-state index contributed by atoms with van der Waals surface area (Å²) in [5.41, 5.74) is 3.04. The van der Waals surface area contributed by atoms with Crippen molar-refractivity contribution in [1.29, 1.82) is 0 Å². The van der Waals surface area contributed by atoms with Crippen LogP contribution in [0.2, 0.25) is 0 Å². The van der Waals surface area contributed by atoms with E-state index in [0.29, 0.717) is 12.4 Å². The standard InChI is InChI=1S/C18H22N4O2/c1-13-8-10-21(11-9-13)18(23)19-17-12-14(2)20-22(17)15-4-6-16(24-3)7-5-15/h4-8,12H,9-11H2,1-3H3,(H,19,23). The molecule has 1 aliphatic heterocycles. The summed E-state index contributed by atoms with van der Waals surface area (Å²) < 4.78 is 6.92. The summed E-state index contributed by atoms with van der Waals surface area (Å²) in [6.07, 6.45) is 3.01. The van der Waals surface area contributed by atoms with Crippen molar-refractivity contribution in [2.45, 2.75) is 20.3 Å². The highest BCUT2D eigenvalue weighted by molar-refractivity contribution is 5.89. The molecule has 3 rings (SSSR count). The molecule has 1 aliphatic rings. The highest BCUT2D eigenvalue weighted by atomic mass is 16.5. The zero-order valence-corrected chi connectivity index (χ0v) is 14.2. The summed E-state index contributed by atoms with van der Waals surface area (Å²) in [5.74, 6) is 1.44. The summed E-state index contributed by atoms with van der Waals surface area (Å²) in [5, 5.41) is 7.45. The first kappa shape index (κ1) is 16.1. The molecule has 0 atom stereocenters. The third-order valence-corrected chi connectivity index (χ3v) is 4.11. The second kappa shape index (κ2) is 6.78. The maximum absolute atomic E-state index is 12.5. The molecule has 0 saturated carbocycles. The van der Waals surface area contributed by atoms with Gasteiger partial charge >= 0.3 is 6.03 Å². The molecule has 126 valence electrons. The van der Waals surface area contributed by atoms with E-state index in [4.69, 9.17) is 4.74 Å². The highest BCUT2D eigenvalue weighted by Gasteiger charge is 2.18. The minimum Gasteiger partial charge on any atom is -0.497 e. The molecule has 0 saturated heterocycles. The van der Waals surface area contributed by atoms with Gasteiger partial charge in [0.25, 0.3) is 0 Å². The number of methoxy groups -OCH3 is 1. The van der Waals surface area contributed by atoms with Gasteiger partial charge in [0.05, 0.1) is 18.5 Å². The van der Waals surface area contributed by atoms with Crippen LogP contribution >= 0.6 is 0 Å². The number of carbonyl (C=O) groups is 1. The molecule has 1 aromatic carbocycles. The third-order valence-electron chi connectivity index (χ3n) is 4.11. The van der Waals surface area contributed by atoms with E-state index in [-0.39, 0.29) is 6.03 Å². The number of nitrogens with zero attached hydrogens (tertiary/aromatic N) is 3. The molecule has 6 heteroatoms. The molecule has 0 bridgehead atoms. The molecule has 2 aromatic rings. The number of hydrogen-bond acceptors (Lipinski definition) is 3. The smallest absolute Gasteiger partial charge is 0.323 e. The first-order chi connectivity index (χ1) is 11.6. The van der Waals surface area contributed by atoms with Crippen LogP contribution in [0.1, 0.15) is 19.0 Å². The van der Waals surface area contributed by atoms with Crippen LogP contribution in [-0.2, 0) is 0 Å². The van der Waals surface area contributed by atoms with Crippen molar-refractivity contribution in [2.24, 2.45) is 0 Å². The van der Waals surface area contributed by atoms with Gasteiger partial charge < -0.3 is 9.64 Å². The van der Waals surface area contributed by atoms with E-state index in [1.807, 2.05) is 37.3 Å². The molecule has 0 fully saturated rings. The van der Waals surface area contributed by atoms with E-state index in [9.17, 15) is 4.79 Å². The van der Waals surface area contributed by atoms with Crippen molar-refractivity contribution in [2.75, 3.05) is 25.5 Å². The fourth-order valence-corrected chi connectivity index (χ4v) is 2.65. The van der Waals surface area contributed by atoms with E-state index >= 15 is 0 Å². The van der Waals surface area contributed by atoms with Gasteiger partial charge in [0.2, 0.25) is 0 Å². The summed E-state index contributed by atoms with van der Waals surface area (Å²) in [6.45, 7) is 5.39. The number of anilines is 1. The molecule has 0 radical (unpaired) electrons. The number of carbonyl (C=O) groups excluding carboxylic acids is 1. The summed E-state index contributed by atoms with van der Waals surface area (Å²) in [7, 11) is 1.63. The van der Waals surface area contributed by atoms with E-state index in [2.05, 4.69) is 23.4 Å². The van der Waals surface area contributed by atoms with Crippen LogP contribution in [0, 0.1) is 6.92 Å². The zero-order valence-electron chi connectivity index (χ0n) is 14.2. The van der Waals surface area contributed by atoms with Crippen LogP contribution in [0.3, 0.4) is 0 Å². The number of ether oxygens (including phenoxy) is 1. The molecule has 0 aliphatic carbocycles. The van der Waals surface area contributed by atoms with Crippen molar-refractivity contribution in [1.82, 2.24) is 14.7 Å². The first-order valence-electron chi connectivity index (χ1n) is 7.99. The van der Waals surface area contributed by atoms with E-state index in [0.717, 1.165) is 30.1 Å². The normalized spacial score (nSPS) is 14.3. The van der Waals surface area contributed by atoms with Crippen molar-refractivity contribution in [3.05, 3.63) is 47.7 Å². The van der Waals surface area contributed by atoms with Gasteiger partial charge in [-0.2, -0.15) is 5.10 Å². The number of aryl methyl sites for hydroxylation is 1. The number of nitrogens with one attached hydrogen (secondary N) is 1. The van der Waals surface area contributed by atoms with Crippen molar-refractivity contribution in [3.63, 3.8) is 0 Å². The number of amides is 2. The Balaban J connectivity index is 1.80. The fourth-order valence-electron chi connectivity index (χ4n) is 2.65. The van der Waals surface area contributed by atoms with Gasteiger partial charge in [0.1, 0.15) is 11.6 Å². The topological polar surface area (TPSA) is 59.4 Å². The van der Waals surface area contributed by atoms with Crippen LogP contribution < -0.4 is 10.1 Å². The lowest BCUT2D eigenvalue weighted by Crippen LogP contribution is -2.38. The molecule has 2 amide bonds. The molecule has 0 unspecified atom stereocenters. The fraction of sp³-hybridized carbons (Fsp3) is 0.333. The molecule has 24 heavy (non-hydrogen) atoms. The molecule has 1 N–H and O–H groups in total. The number of urea groups is 1. The zero-order chi connectivity index (χ0) is 17.1. The predicted octanol–water partition coefficient (Wildman–Crippen LogP) is 3.37. The number of rotatable bonds is 3. The number of hydrogen-bond donors (Lipinski definition) is 1. The number of aromatic nitrogens is 2. The van der Waals surface area contributed by atoms with Crippen LogP contribution in [0.5, 0.6) is 5.75 Å². The van der Waals surface area contributed by atoms with Crippen molar-refractivity contribution in [3.8, 4) is 11.4 Å². The average molecular weight is 326 g/mol. The maximum Gasteiger partial charge on any atom is 0.323 e. The molecular weight excluding hydrogens is 304 g/mol. The van der Waals surface area contributed by atoms with Crippen LogP contribution in [-0.4, -0.2) is 40.9 Å². The lowest BCUT2D eigenvalue weighted by atomic mass is 10.1. The van der Waals surface area contributed by atoms with Gasteiger partial charge in [-0.15, -0.1) is 0 Å². The Morgan fingerprint density at radius 3 is 2.62 bits per heavy atom. The maximum atomic E-state index is 12.5. The van der Waals surface area contributed by atoms with E-state index in [1.165, 1.54) is 5.57 Å². The second-order valence-corrected chi connectivity index (χ2v) is 5.96. The van der Waals surface area contributed by atoms with E-state index in [1.54, 1.807) is 16.7 Å². The van der Waals surface area contributed by atoms with E-state index < -0.39 is 0 Å². The summed E-state index contributed by atoms with van der Waals surface area (Å²) in [6, 6.07) is 9.33. The molecule has 6 nitrogen and oxygen atoms in total. The van der Waals surface area contributed by atoms with Crippen molar-refractivity contribution >= 4 is 11.8 Å². The van der Waals surface area contributed by atoms with Gasteiger partial charge in [0, 0.05) is 19.2 Å². The Kier molecular flexibility index (Phi) is 4.55. The lowest BCUT2D eigenvalue weighted by molar-refractivity contribution is 0.215. The lowest BCUT2D eigenvalue weighted by Gasteiger charge is -2.25. The number of benzene rings is 1. The van der Waals surface area contributed by atoms with Crippen LogP contribution in [0.4, 0.5) is 10.6 Å². The minimum absolute atomic E-state index is 0.103. The van der Waals surface area contributed by atoms with Crippen molar-refractivity contribution < 1.29 is 9.53 Å². The van der Waals surface area contributed by atoms with Gasteiger partial charge in [0.15, 0.2) is 0 Å². The Labute approximate surface area is 141 Å².